The topological polar surface area (TPSA) is 73.6 Å². The molecular formula is C9H18N2O3. The van der Waals surface area contributed by atoms with Crippen LogP contribution >= 0.6 is 0 Å². The number of nitrogens with two attached hydrogens (primary N) is 1. The summed E-state index contributed by atoms with van der Waals surface area (Å²) in [4.78, 5) is 10.9. The molecule has 1 saturated heterocycles. The van der Waals surface area contributed by atoms with Crippen LogP contribution in [-0.4, -0.2) is 44.4 Å². The van der Waals surface area contributed by atoms with E-state index < -0.39 is 0 Å². The fourth-order valence-corrected chi connectivity index (χ4v) is 1.30. The highest BCUT2D eigenvalue weighted by Gasteiger charge is 2.17. The van der Waals surface area contributed by atoms with Crippen molar-refractivity contribution in [1.82, 2.24) is 5.32 Å². The van der Waals surface area contributed by atoms with E-state index in [0.717, 1.165) is 13.0 Å². The molecule has 1 heterocycles. The summed E-state index contributed by atoms with van der Waals surface area (Å²) >= 11 is 0. The Kier molecular flexibility index (Phi) is 4.86. The van der Waals surface area contributed by atoms with Gasteiger partial charge in [-0.25, -0.2) is 0 Å². The molecule has 0 aliphatic carbocycles. The normalized spacial score (nSPS) is 23.4. The molecule has 1 amide bonds. The highest BCUT2D eigenvalue weighted by atomic mass is 16.5. The van der Waals surface area contributed by atoms with E-state index in [1.807, 2.05) is 6.92 Å². The smallest absolute Gasteiger partial charge is 0.234 e. The molecule has 0 aromatic heterocycles. The van der Waals surface area contributed by atoms with Crippen LogP contribution in [0.5, 0.6) is 0 Å². The number of carbonyl (C=O) groups excluding carboxylic acids is 1. The van der Waals surface area contributed by atoms with Crippen molar-refractivity contribution < 1.29 is 14.3 Å². The number of ether oxygens (including phenoxy) is 2. The van der Waals surface area contributed by atoms with E-state index in [0.29, 0.717) is 13.2 Å². The molecule has 0 spiro atoms. The molecule has 5 nitrogen and oxygen atoms in total. The first-order chi connectivity index (χ1) is 6.72. The van der Waals surface area contributed by atoms with E-state index in [1.54, 1.807) is 0 Å². The van der Waals surface area contributed by atoms with Crippen LogP contribution in [0.1, 0.15) is 13.3 Å². The Bertz CT molecular complexity index is 181. The van der Waals surface area contributed by atoms with Gasteiger partial charge in [0.1, 0.15) is 0 Å². The molecule has 0 aromatic rings. The minimum Gasteiger partial charge on any atom is -0.379 e. The lowest BCUT2D eigenvalue weighted by Gasteiger charge is -2.16. The van der Waals surface area contributed by atoms with Gasteiger partial charge in [0.25, 0.3) is 0 Å². The second-order valence-electron chi connectivity index (χ2n) is 3.49. The number of hydrogen-bond donors (Lipinski definition) is 2. The summed E-state index contributed by atoms with van der Waals surface area (Å²) in [5.41, 5.74) is 5.17. The predicted octanol–water partition coefficient (Wildman–Crippen LogP) is -0.745. The van der Waals surface area contributed by atoms with E-state index in [4.69, 9.17) is 15.2 Å². The summed E-state index contributed by atoms with van der Waals surface area (Å²) in [5.74, 6) is -0.149. The number of rotatable bonds is 5. The van der Waals surface area contributed by atoms with Crippen molar-refractivity contribution >= 4 is 5.91 Å². The molecule has 1 fully saturated rings. The Morgan fingerprint density at radius 3 is 3.14 bits per heavy atom. The van der Waals surface area contributed by atoms with Gasteiger partial charge in [0.15, 0.2) is 0 Å². The average molecular weight is 202 g/mol. The quantitative estimate of drug-likeness (QED) is 0.615. The molecule has 3 N–H and O–H groups in total. The molecule has 2 atom stereocenters. The van der Waals surface area contributed by atoms with E-state index in [-0.39, 0.29) is 24.6 Å². The van der Waals surface area contributed by atoms with Crippen molar-refractivity contribution in [2.45, 2.75) is 25.5 Å². The van der Waals surface area contributed by atoms with Crippen LogP contribution in [0.25, 0.3) is 0 Å². The number of nitrogens with one attached hydrogen (secondary N) is 1. The maximum atomic E-state index is 10.9. The van der Waals surface area contributed by atoms with Gasteiger partial charge >= 0.3 is 0 Å². The third kappa shape index (κ3) is 4.04. The molecule has 0 radical (unpaired) electrons. The molecule has 0 aromatic carbocycles. The lowest BCUT2D eigenvalue weighted by Crippen LogP contribution is -2.40. The summed E-state index contributed by atoms with van der Waals surface area (Å²) in [5, 5.41) is 2.72. The van der Waals surface area contributed by atoms with E-state index in [2.05, 4.69) is 5.32 Å². The van der Waals surface area contributed by atoms with Crippen molar-refractivity contribution in [2.75, 3.05) is 26.4 Å². The molecule has 1 aliphatic heterocycles. The monoisotopic (exact) mass is 202 g/mol. The molecule has 1 aliphatic rings. The number of amides is 1. The second-order valence-corrected chi connectivity index (χ2v) is 3.49. The summed E-state index contributed by atoms with van der Waals surface area (Å²) in [6.07, 6.45) is 1.13. The van der Waals surface area contributed by atoms with Gasteiger partial charge in [0.2, 0.25) is 5.91 Å². The van der Waals surface area contributed by atoms with Crippen LogP contribution in [0.3, 0.4) is 0 Å². The van der Waals surface area contributed by atoms with Gasteiger partial charge in [-0.15, -0.1) is 0 Å². The maximum Gasteiger partial charge on any atom is 0.234 e. The van der Waals surface area contributed by atoms with Gasteiger partial charge in [-0.1, -0.05) is 0 Å². The minimum atomic E-state index is -0.149. The summed E-state index contributed by atoms with van der Waals surface area (Å²) in [6, 6.07) is 0.00616. The summed E-state index contributed by atoms with van der Waals surface area (Å²) in [6.45, 7) is 3.87. The van der Waals surface area contributed by atoms with Crippen LogP contribution in [0, 0.1) is 0 Å². The Balaban J connectivity index is 2.07. The highest BCUT2D eigenvalue weighted by molar-refractivity contribution is 5.77. The van der Waals surface area contributed by atoms with Gasteiger partial charge < -0.3 is 20.5 Å². The third-order valence-corrected chi connectivity index (χ3v) is 2.06. The van der Waals surface area contributed by atoms with Crippen molar-refractivity contribution in [3.05, 3.63) is 0 Å². The molecule has 1 rings (SSSR count). The SMILES string of the molecule is CC(COC1CCOC1)NC(=O)CN. The first kappa shape index (κ1) is 11.4. The molecule has 0 saturated carbocycles. The molecule has 0 bridgehead atoms. The van der Waals surface area contributed by atoms with E-state index in [9.17, 15) is 4.79 Å². The Labute approximate surface area is 83.9 Å². The van der Waals surface area contributed by atoms with Crippen molar-refractivity contribution in [2.24, 2.45) is 5.73 Å². The fourth-order valence-electron chi connectivity index (χ4n) is 1.30. The van der Waals surface area contributed by atoms with Gasteiger partial charge in [0.05, 0.1) is 25.9 Å². The van der Waals surface area contributed by atoms with Gasteiger partial charge in [0, 0.05) is 12.6 Å². The largest absolute Gasteiger partial charge is 0.379 e. The highest BCUT2D eigenvalue weighted by Crippen LogP contribution is 2.07. The minimum absolute atomic E-state index is 0.00616. The zero-order chi connectivity index (χ0) is 10.4. The zero-order valence-corrected chi connectivity index (χ0v) is 8.49. The Morgan fingerprint density at radius 2 is 2.57 bits per heavy atom. The first-order valence-corrected chi connectivity index (χ1v) is 4.91. The van der Waals surface area contributed by atoms with E-state index in [1.165, 1.54) is 0 Å². The van der Waals surface area contributed by atoms with Crippen LogP contribution in [0.4, 0.5) is 0 Å². The Morgan fingerprint density at radius 1 is 1.79 bits per heavy atom. The van der Waals surface area contributed by atoms with Crippen molar-refractivity contribution in [1.29, 1.82) is 0 Å². The van der Waals surface area contributed by atoms with Crippen molar-refractivity contribution in [3.63, 3.8) is 0 Å². The standard InChI is InChI=1S/C9H18N2O3/c1-7(11-9(12)4-10)5-14-8-2-3-13-6-8/h7-8H,2-6,10H2,1H3,(H,11,12). The van der Waals surface area contributed by atoms with Crippen molar-refractivity contribution in [3.8, 4) is 0 Å². The maximum absolute atomic E-state index is 10.9. The van der Waals surface area contributed by atoms with Crippen LogP contribution in [0.15, 0.2) is 0 Å². The lowest BCUT2D eigenvalue weighted by molar-refractivity contribution is -0.120. The first-order valence-electron chi connectivity index (χ1n) is 4.91. The average Bonchev–Trinajstić information content (AvgIpc) is 2.67. The summed E-state index contributed by atoms with van der Waals surface area (Å²) < 4.78 is 10.7. The van der Waals surface area contributed by atoms with Crippen LogP contribution in [0.2, 0.25) is 0 Å². The number of carbonyl (C=O) groups is 1. The molecular weight excluding hydrogens is 184 g/mol. The van der Waals surface area contributed by atoms with Gasteiger partial charge in [-0.2, -0.15) is 0 Å². The number of hydrogen-bond acceptors (Lipinski definition) is 4. The molecule has 14 heavy (non-hydrogen) atoms. The Hall–Kier alpha value is -0.650. The zero-order valence-electron chi connectivity index (χ0n) is 8.49. The van der Waals surface area contributed by atoms with E-state index >= 15 is 0 Å². The summed E-state index contributed by atoms with van der Waals surface area (Å²) in [7, 11) is 0. The van der Waals surface area contributed by atoms with Crippen LogP contribution in [-0.2, 0) is 14.3 Å². The second kappa shape index (κ2) is 5.95. The molecule has 2 unspecified atom stereocenters. The lowest BCUT2D eigenvalue weighted by atomic mass is 10.3. The van der Waals surface area contributed by atoms with Crippen LogP contribution < -0.4 is 11.1 Å². The molecule has 82 valence electrons. The fraction of sp³-hybridized carbons (Fsp3) is 0.889. The third-order valence-electron chi connectivity index (χ3n) is 2.06. The van der Waals surface area contributed by atoms with Gasteiger partial charge in [-0.3, -0.25) is 4.79 Å². The van der Waals surface area contributed by atoms with Gasteiger partial charge in [-0.05, 0) is 13.3 Å². The molecule has 5 heteroatoms. The predicted molar refractivity (Wildman–Crippen MR) is 51.8 cm³/mol.